The fourth-order valence-electron chi connectivity index (χ4n) is 1.52. The number of methoxy groups -OCH3 is 1. The van der Waals surface area contributed by atoms with Crippen LogP contribution >= 0.6 is 11.8 Å². The van der Waals surface area contributed by atoms with Gasteiger partial charge in [0.2, 0.25) is 0 Å². The Morgan fingerprint density at radius 2 is 2.13 bits per heavy atom. The Labute approximate surface area is 95.7 Å². The normalized spacial score (nSPS) is 12.5. The molecule has 1 N–H and O–H groups in total. The first-order valence-corrected chi connectivity index (χ1v) is 6.49. The van der Waals surface area contributed by atoms with Crippen molar-refractivity contribution in [3.8, 4) is 5.75 Å². The van der Waals surface area contributed by atoms with Crippen molar-refractivity contribution in [2.24, 2.45) is 0 Å². The van der Waals surface area contributed by atoms with Crippen molar-refractivity contribution in [1.82, 2.24) is 0 Å². The van der Waals surface area contributed by atoms with Crippen LogP contribution in [0.15, 0.2) is 24.3 Å². The second-order valence-electron chi connectivity index (χ2n) is 3.39. The van der Waals surface area contributed by atoms with Crippen LogP contribution in [0.4, 0.5) is 0 Å². The van der Waals surface area contributed by atoms with Crippen molar-refractivity contribution in [1.29, 1.82) is 0 Å². The fourth-order valence-corrected chi connectivity index (χ4v) is 1.97. The third-order valence-corrected chi connectivity index (χ3v) is 3.02. The van der Waals surface area contributed by atoms with E-state index in [4.69, 9.17) is 4.74 Å². The molecular formula is C12H18O2S. The molecule has 0 radical (unpaired) electrons. The molecule has 0 fully saturated rings. The predicted octanol–water partition coefficient (Wildman–Crippen LogP) is 2.87. The Kier molecular flexibility index (Phi) is 5.58. The minimum Gasteiger partial charge on any atom is -0.496 e. The van der Waals surface area contributed by atoms with Crippen LogP contribution in [0.5, 0.6) is 5.75 Å². The van der Waals surface area contributed by atoms with Crippen molar-refractivity contribution < 1.29 is 9.84 Å². The number of aliphatic hydroxyl groups excluding tert-OH is 1. The molecule has 84 valence electrons. The van der Waals surface area contributed by atoms with E-state index in [1.165, 1.54) is 0 Å². The summed E-state index contributed by atoms with van der Waals surface area (Å²) in [5.41, 5.74) is 0.890. The van der Waals surface area contributed by atoms with Gasteiger partial charge in [-0.25, -0.2) is 0 Å². The summed E-state index contributed by atoms with van der Waals surface area (Å²) in [5.74, 6) is 1.86. The summed E-state index contributed by atoms with van der Waals surface area (Å²) in [4.78, 5) is 0. The smallest absolute Gasteiger partial charge is 0.124 e. The van der Waals surface area contributed by atoms with E-state index in [-0.39, 0.29) is 0 Å². The first-order chi connectivity index (χ1) is 7.29. The van der Waals surface area contributed by atoms with Crippen LogP contribution in [-0.4, -0.2) is 24.2 Å². The molecule has 2 nitrogen and oxygen atoms in total. The van der Waals surface area contributed by atoms with Gasteiger partial charge < -0.3 is 9.84 Å². The average molecular weight is 226 g/mol. The lowest BCUT2D eigenvalue weighted by molar-refractivity contribution is 0.163. The summed E-state index contributed by atoms with van der Waals surface area (Å²) in [6.45, 7) is 0. The van der Waals surface area contributed by atoms with E-state index in [2.05, 4.69) is 6.26 Å². The van der Waals surface area contributed by atoms with Gasteiger partial charge in [0.1, 0.15) is 5.75 Å². The molecule has 0 amide bonds. The molecule has 1 aromatic carbocycles. The molecule has 0 bridgehead atoms. The SMILES string of the molecule is COc1ccccc1C(O)CCCSC. The maximum Gasteiger partial charge on any atom is 0.124 e. The second kappa shape index (κ2) is 6.75. The largest absolute Gasteiger partial charge is 0.496 e. The standard InChI is InChI=1S/C12H18O2S/c1-14-12-8-4-3-6-10(12)11(13)7-5-9-15-2/h3-4,6,8,11,13H,5,7,9H2,1-2H3. The van der Waals surface area contributed by atoms with Gasteiger partial charge in [-0.15, -0.1) is 0 Å². The first kappa shape index (κ1) is 12.4. The highest BCUT2D eigenvalue weighted by Crippen LogP contribution is 2.27. The van der Waals surface area contributed by atoms with Gasteiger partial charge in [0, 0.05) is 5.56 Å². The molecule has 0 heterocycles. The number of rotatable bonds is 6. The van der Waals surface area contributed by atoms with Crippen LogP contribution < -0.4 is 4.74 Å². The molecule has 1 rings (SSSR count). The van der Waals surface area contributed by atoms with Crippen LogP contribution in [0, 0.1) is 0 Å². The molecule has 1 unspecified atom stereocenters. The number of thioether (sulfide) groups is 1. The van der Waals surface area contributed by atoms with E-state index in [1.54, 1.807) is 18.9 Å². The van der Waals surface area contributed by atoms with Crippen LogP contribution in [-0.2, 0) is 0 Å². The van der Waals surface area contributed by atoms with E-state index in [0.29, 0.717) is 0 Å². The summed E-state index contributed by atoms with van der Waals surface area (Å²) in [7, 11) is 1.63. The van der Waals surface area contributed by atoms with Crippen LogP contribution in [0.1, 0.15) is 24.5 Å². The topological polar surface area (TPSA) is 29.5 Å². The Morgan fingerprint density at radius 1 is 1.40 bits per heavy atom. The Balaban J connectivity index is 2.59. The minimum absolute atomic E-state index is 0.409. The highest BCUT2D eigenvalue weighted by Gasteiger charge is 2.11. The van der Waals surface area contributed by atoms with Crippen molar-refractivity contribution in [2.45, 2.75) is 18.9 Å². The number of benzene rings is 1. The molecule has 0 aliphatic rings. The lowest BCUT2D eigenvalue weighted by atomic mass is 10.0. The lowest BCUT2D eigenvalue weighted by Crippen LogP contribution is -2.01. The first-order valence-electron chi connectivity index (χ1n) is 5.09. The molecule has 0 aliphatic heterocycles. The van der Waals surface area contributed by atoms with Gasteiger partial charge in [-0.2, -0.15) is 11.8 Å². The fraction of sp³-hybridized carbons (Fsp3) is 0.500. The second-order valence-corrected chi connectivity index (χ2v) is 4.38. The van der Waals surface area contributed by atoms with Crippen molar-refractivity contribution >= 4 is 11.8 Å². The number of aliphatic hydroxyl groups is 1. The number of para-hydroxylation sites is 1. The van der Waals surface area contributed by atoms with Gasteiger partial charge in [-0.3, -0.25) is 0 Å². The Bertz CT molecular complexity index is 289. The van der Waals surface area contributed by atoms with Gasteiger partial charge in [-0.1, -0.05) is 18.2 Å². The third-order valence-electron chi connectivity index (χ3n) is 2.32. The molecule has 0 spiro atoms. The molecule has 0 aliphatic carbocycles. The molecule has 0 aromatic heterocycles. The molecule has 0 saturated heterocycles. The van der Waals surface area contributed by atoms with Crippen molar-refractivity contribution in [2.75, 3.05) is 19.1 Å². The summed E-state index contributed by atoms with van der Waals surface area (Å²) >= 11 is 1.81. The van der Waals surface area contributed by atoms with Gasteiger partial charge in [0.25, 0.3) is 0 Å². The highest BCUT2D eigenvalue weighted by molar-refractivity contribution is 7.98. The quantitative estimate of drug-likeness (QED) is 0.756. The summed E-state index contributed by atoms with van der Waals surface area (Å²) in [5, 5.41) is 9.97. The Hall–Kier alpha value is -0.670. The van der Waals surface area contributed by atoms with E-state index in [0.717, 1.165) is 29.9 Å². The van der Waals surface area contributed by atoms with E-state index in [9.17, 15) is 5.11 Å². The van der Waals surface area contributed by atoms with Gasteiger partial charge in [0.15, 0.2) is 0 Å². The predicted molar refractivity (Wildman–Crippen MR) is 65.6 cm³/mol. The van der Waals surface area contributed by atoms with Crippen molar-refractivity contribution in [3.63, 3.8) is 0 Å². The average Bonchev–Trinajstić information content (AvgIpc) is 2.29. The lowest BCUT2D eigenvalue weighted by Gasteiger charge is -2.14. The van der Waals surface area contributed by atoms with Crippen LogP contribution in [0.2, 0.25) is 0 Å². The molecular weight excluding hydrogens is 208 g/mol. The van der Waals surface area contributed by atoms with Crippen LogP contribution in [0.25, 0.3) is 0 Å². The molecule has 15 heavy (non-hydrogen) atoms. The summed E-state index contributed by atoms with van der Waals surface area (Å²) in [6.07, 6.45) is 3.49. The van der Waals surface area contributed by atoms with Gasteiger partial charge >= 0.3 is 0 Å². The molecule has 1 aromatic rings. The molecule has 0 saturated carbocycles. The molecule has 1 atom stereocenters. The maximum atomic E-state index is 9.97. The molecule has 3 heteroatoms. The number of ether oxygens (including phenoxy) is 1. The number of hydrogen-bond acceptors (Lipinski definition) is 3. The Morgan fingerprint density at radius 3 is 2.80 bits per heavy atom. The third kappa shape index (κ3) is 3.76. The maximum absolute atomic E-state index is 9.97. The van der Waals surface area contributed by atoms with E-state index in [1.807, 2.05) is 24.3 Å². The zero-order valence-electron chi connectivity index (χ0n) is 9.27. The zero-order valence-corrected chi connectivity index (χ0v) is 10.1. The van der Waals surface area contributed by atoms with E-state index >= 15 is 0 Å². The monoisotopic (exact) mass is 226 g/mol. The summed E-state index contributed by atoms with van der Waals surface area (Å²) in [6, 6.07) is 7.64. The van der Waals surface area contributed by atoms with Gasteiger partial charge in [0.05, 0.1) is 13.2 Å². The minimum atomic E-state index is -0.409. The summed E-state index contributed by atoms with van der Waals surface area (Å²) < 4.78 is 5.21. The van der Waals surface area contributed by atoms with Gasteiger partial charge in [-0.05, 0) is 30.9 Å². The zero-order chi connectivity index (χ0) is 11.1. The van der Waals surface area contributed by atoms with E-state index < -0.39 is 6.10 Å². The van der Waals surface area contributed by atoms with Crippen LogP contribution in [0.3, 0.4) is 0 Å². The van der Waals surface area contributed by atoms with Crippen molar-refractivity contribution in [3.05, 3.63) is 29.8 Å². The highest BCUT2D eigenvalue weighted by atomic mass is 32.2. The number of hydrogen-bond donors (Lipinski definition) is 1.